The number of hydrogen-bond acceptors (Lipinski definition) is 5. The van der Waals surface area contributed by atoms with Crippen LogP contribution in [-0.4, -0.2) is 60.0 Å². The molecule has 10 heteroatoms. The van der Waals surface area contributed by atoms with Crippen LogP contribution in [0.1, 0.15) is 10.4 Å². The molecule has 7 nitrogen and oxygen atoms in total. The molecule has 2 aromatic carbocycles. The number of morpholine rings is 1. The van der Waals surface area contributed by atoms with Crippen molar-refractivity contribution in [2.24, 2.45) is 7.05 Å². The van der Waals surface area contributed by atoms with E-state index in [4.69, 9.17) is 32.7 Å². The molecule has 0 bridgehead atoms. The van der Waals surface area contributed by atoms with Crippen LogP contribution in [0.15, 0.2) is 42.6 Å². The van der Waals surface area contributed by atoms with E-state index in [0.29, 0.717) is 34.3 Å². The van der Waals surface area contributed by atoms with Gasteiger partial charge in [0.1, 0.15) is 18.2 Å². The molecule has 0 aliphatic carbocycles. The number of amides is 1. The van der Waals surface area contributed by atoms with Crippen LogP contribution in [0.5, 0.6) is 5.75 Å². The standard InChI is InChI=1S/C23H23Cl2FN4O3/c1-29-22(20(25)14-27-29)18-13-16(28-23(31)17-4-2-15(26)12-19(17)24)3-5-21(18)33-11-8-30-6-9-32-10-7-30/h2-5,12-14H,6-11H2,1H3,(H,28,31). The van der Waals surface area contributed by atoms with E-state index in [0.717, 1.165) is 38.9 Å². The number of ether oxygens (including phenoxy) is 2. The summed E-state index contributed by atoms with van der Waals surface area (Å²) in [6.07, 6.45) is 1.55. The monoisotopic (exact) mass is 492 g/mol. The van der Waals surface area contributed by atoms with E-state index in [-0.39, 0.29) is 10.6 Å². The summed E-state index contributed by atoms with van der Waals surface area (Å²) in [6.45, 7) is 4.45. The number of anilines is 1. The lowest BCUT2D eigenvalue weighted by Crippen LogP contribution is -2.38. The molecule has 1 aliphatic rings. The van der Waals surface area contributed by atoms with Gasteiger partial charge in [0.2, 0.25) is 0 Å². The second kappa shape index (κ2) is 10.5. The molecule has 2 heterocycles. The third-order valence-electron chi connectivity index (χ3n) is 5.33. The molecule has 0 saturated carbocycles. The number of carbonyl (C=O) groups is 1. The predicted octanol–water partition coefficient (Wildman–Crippen LogP) is 4.50. The molecular formula is C23H23Cl2FN4O3. The van der Waals surface area contributed by atoms with Gasteiger partial charge in [0.15, 0.2) is 0 Å². The average molecular weight is 493 g/mol. The summed E-state index contributed by atoms with van der Waals surface area (Å²) in [4.78, 5) is 15.0. The maximum Gasteiger partial charge on any atom is 0.257 e. The lowest BCUT2D eigenvalue weighted by Gasteiger charge is -2.26. The van der Waals surface area contributed by atoms with Gasteiger partial charge in [-0.3, -0.25) is 14.4 Å². The summed E-state index contributed by atoms with van der Waals surface area (Å²) in [5.74, 6) is -0.349. The van der Waals surface area contributed by atoms with Crippen molar-refractivity contribution >= 4 is 34.8 Å². The molecule has 1 amide bonds. The van der Waals surface area contributed by atoms with Gasteiger partial charge in [0.05, 0.1) is 40.7 Å². The summed E-state index contributed by atoms with van der Waals surface area (Å²) in [5.41, 5.74) is 2.02. The van der Waals surface area contributed by atoms with E-state index in [9.17, 15) is 9.18 Å². The Morgan fingerprint density at radius 1 is 1.18 bits per heavy atom. The second-order valence-electron chi connectivity index (χ2n) is 7.56. The van der Waals surface area contributed by atoms with Gasteiger partial charge in [0.25, 0.3) is 5.91 Å². The summed E-state index contributed by atoms with van der Waals surface area (Å²) in [7, 11) is 1.78. The van der Waals surface area contributed by atoms with Crippen LogP contribution in [0.2, 0.25) is 10.0 Å². The molecule has 3 aromatic rings. The highest BCUT2D eigenvalue weighted by Gasteiger charge is 2.18. The Hall–Kier alpha value is -2.65. The fraction of sp³-hybridized carbons (Fsp3) is 0.304. The Balaban J connectivity index is 1.56. The first kappa shape index (κ1) is 23.5. The Bertz CT molecular complexity index is 1130. The van der Waals surface area contributed by atoms with Crippen molar-refractivity contribution in [3.8, 4) is 17.0 Å². The van der Waals surface area contributed by atoms with Crippen LogP contribution < -0.4 is 10.1 Å². The molecule has 0 atom stereocenters. The fourth-order valence-electron chi connectivity index (χ4n) is 3.61. The van der Waals surface area contributed by atoms with Crippen molar-refractivity contribution in [1.82, 2.24) is 14.7 Å². The number of aromatic nitrogens is 2. The van der Waals surface area contributed by atoms with Crippen LogP contribution in [0.4, 0.5) is 10.1 Å². The molecule has 1 saturated heterocycles. The number of benzene rings is 2. The number of halogens is 3. The molecule has 174 valence electrons. The van der Waals surface area contributed by atoms with Crippen LogP contribution in [-0.2, 0) is 11.8 Å². The minimum atomic E-state index is -0.511. The number of aryl methyl sites for hydroxylation is 1. The third kappa shape index (κ3) is 5.65. The molecule has 1 fully saturated rings. The topological polar surface area (TPSA) is 68.6 Å². The zero-order valence-electron chi connectivity index (χ0n) is 18.0. The highest BCUT2D eigenvalue weighted by atomic mass is 35.5. The number of rotatable bonds is 7. The molecule has 1 N–H and O–H groups in total. The Kier molecular flexibility index (Phi) is 7.49. The Morgan fingerprint density at radius 2 is 1.97 bits per heavy atom. The number of hydrogen-bond donors (Lipinski definition) is 1. The molecule has 1 aromatic heterocycles. The maximum atomic E-state index is 13.3. The number of nitrogens with one attached hydrogen (secondary N) is 1. The average Bonchev–Trinajstić information content (AvgIpc) is 3.13. The molecule has 0 radical (unpaired) electrons. The minimum absolute atomic E-state index is 0.0328. The van der Waals surface area contributed by atoms with Gasteiger partial charge in [-0.2, -0.15) is 5.10 Å². The lowest BCUT2D eigenvalue weighted by atomic mass is 10.1. The SMILES string of the molecule is Cn1ncc(Cl)c1-c1cc(NC(=O)c2ccc(F)cc2Cl)ccc1OCCN1CCOCC1. The van der Waals surface area contributed by atoms with Crippen LogP contribution in [0, 0.1) is 5.82 Å². The van der Waals surface area contributed by atoms with E-state index in [1.165, 1.54) is 12.1 Å². The van der Waals surface area contributed by atoms with Crippen LogP contribution >= 0.6 is 23.2 Å². The van der Waals surface area contributed by atoms with E-state index in [2.05, 4.69) is 15.3 Å². The van der Waals surface area contributed by atoms with E-state index in [1.54, 1.807) is 36.1 Å². The smallest absolute Gasteiger partial charge is 0.257 e. The number of nitrogens with zero attached hydrogens (tertiary/aromatic N) is 3. The normalized spacial score (nSPS) is 14.3. The van der Waals surface area contributed by atoms with Crippen molar-refractivity contribution in [2.75, 3.05) is 44.8 Å². The van der Waals surface area contributed by atoms with E-state index >= 15 is 0 Å². The largest absolute Gasteiger partial charge is 0.492 e. The molecule has 0 unspecified atom stereocenters. The first-order valence-corrected chi connectivity index (χ1v) is 11.2. The fourth-order valence-corrected chi connectivity index (χ4v) is 4.13. The van der Waals surface area contributed by atoms with Gasteiger partial charge in [-0.15, -0.1) is 0 Å². The zero-order valence-corrected chi connectivity index (χ0v) is 19.5. The molecule has 1 aliphatic heterocycles. The van der Waals surface area contributed by atoms with Crippen molar-refractivity contribution in [2.45, 2.75) is 0 Å². The van der Waals surface area contributed by atoms with Gasteiger partial charge in [-0.1, -0.05) is 23.2 Å². The van der Waals surface area contributed by atoms with Crippen molar-refractivity contribution in [3.63, 3.8) is 0 Å². The zero-order chi connectivity index (χ0) is 23.4. The quantitative estimate of drug-likeness (QED) is 0.525. The van der Waals surface area contributed by atoms with Crippen molar-refractivity contribution < 1.29 is 18.7 Å². The van der Waals surface area contributed by atoms with E-state index < -0.39 is 11.7 Å². The maximum absolute atomic E-state index is 13.3. The van der Waals surface area contributed by atoms with Crippen molar-refractivity contribution in [3.05, 3.63) is 64.0 Å². The summed E-state index contributed by atoms with van der Waals surface area (Å²) >= 11 is 12.4. The summed E-state index contributed by atoms with van der Waals surface area (Å²) in [6, 6.07) is 8.90. The van der Waals surface area contributed by atoms with Gasteiger partial charge in [-0.05, 0) is 36.4 Å². The summed E-state index contributed by atoms with van der Waals surface area (Å²) in [5, 5.41) is 7.50. The van der Waals surface area contributed by atoms with Gasteiger partial charge in [0, 0.05) is 37.9 Å². The molecule has 4 rings (SSSR count). The summed E-state index contributed by atoms with van der Waals surface area (Å²) < 4.78 is 26.4. The highest BCUT2D eigenvalue weighted by molar-refractivity contribution is 6.34. The highest BCUT2D eigenvalue weighted by Crippen LogP contribution is 2.36. The van der Waals surface area contributed by atoms with Crippen LogP contribution in [0.3, 0.4) is 0 Å². The lowest BCUT2D eigenvalue weighted by molar-refractivity contribution is 0.0323. The predicted molar refractivity (Wildman–Crippen MR) is 126 cm³/mol. The van der Waals surface area contributed by atoms with Gasteiger partial charge in [-0.25, -0.2) is 4.39 Å². The second-order valence-corrected chi connectivity index (χ2v) is 8.37. The third-order valence-corrected chi connectivity index (χ3v) is 5.92. The molecular weight excluding hydrogens is 470 g/mol. The van der Waals surface area contributed by atoms with Gasteiger partial charge >= 0.3 is 0 Å². The molecule has 33 heavy (non-hydrogen) atoms. The first-order valence-electron chi connectivity index (χ1n) is 10.4. The minimum Gasteiger partial charge on any atom is -0.492 e. The van der Waals surface area contributed by atoms with E-state index in [1.807, 2.05) is 0 Å². The Labute approximate surface area is 201 Å². The number of carbonyl (C=O) groups excluding carboxylic acids is 1. The Morgan fingerprint density at radius 3 is 2.67 bits per heavy atom. The molecule has 0 spiro atoms. The first-order chi connectivity index (χ1) is 15.9. The van der Waals surface area contributed by atoms with Crippen LogP contribution in [0.25, 0.3) is 11.3 Å². The van der Waals surface area contributed by atoms with Gasteiger partial charge < -0.3 is 14.8 Å². The van der Waals surface area contributed by atoms with Crippen molar-refractivity contribution in [1.29, 1.82) is 0 Å².